The van der Waals surface area contributed by atoms with Crippen LogP contribution in [-0.2, 0) is 0 Å². The number of benzene rings is 1. The van der Waals surface area contributed by atoms with Crippen molar-refractivity contribution in [1.29, 1.82) is 0 Å². The van der Waals surface area contributed by atoms with Gasteiger partial charge < -0.3 is 0 Å². The summed E-state index contributed by atoms with van der Waals surface area (Å²) in [5.41, 5.74) is 3.07. The SMILES string of the molecule is Cc1ccc(-c2cc(-c3ncccn3)cnc2F)cc1. The van der Waals surface area contributed by atoms with E-state index in [0.29, 0.717) is 17.0 Å². The molecule has 1 aromatic carbocycles. The molecule has 2 aromatic heterocycles. The second-order valence-corrected chi connectivity index (χ2v) is 4.50. The van der Waals surface area contributed by atoms with Gasteiger partial charge in [0.1, 0.15) is 0 Å². The first-order chi connectivity index (χ1) is 9.74. The van der Waals surface area contributed by atoms with E-state index in [-0.39, 0.29) is 0 Å². The molecule has 20 heavy (non-hydrogen) atoms. The second kappa shape index (κ2) is 5.17. The minimum absolute atomic E-state index is 0.454. The predicted molar refractivity (Wildman–Crippen MR) is 75.4 cm³/mol. The van der Waals surface area contributed by atoms with Crippen LogP contribution in [0.2, 0.25) is 0 Å². The highest BCUT2D eigenvalue weighted by atomic mass is 19.1. The number of hydrogen-bond donors (Lipinski definition) is 0. The van der Waals surface area contributed by atoms with Crippen LogP contribution in [0.3, 0.4) is 0 Å². The fourth-order valence-corrected chi connectivity index (χ4v) is 1.95. The molecule has 0 radical (unpaired) electrons. The highest BCUT2D eigenvalue weighted by Crippen LogP contribution is 2.25. The van der Waals surface area contributed by atoms with Gasteiger partial charge in [-0.15, -0.1) is 0 Å². The normalized spacial score (nSPS) is 10.5. The fraction of sp³-hybridized carbons (Fsp3) is 0.0625. The Bertz CT molecular complexity index is 724. The van der Waals surface area contributed by atoms with Crippen LogP contribution in [0.5, 0.6) is 0 Å². The summed E-state index contributed by atoms with van der Waals surface area (Å²) in [5.74, 6) is 0.0434. The molecule has 0 fully saturated rings. The maximum absolute atomic E-state index is 13.9. The molecule has 2 heterocycles. The molecule has 0 saturated heterocycles. The van der Waals surface area contributed by atoms with E-state index in [4.69, 9.17) is 0 Å². The Morgan fingerprint density at radius 3 is 2.30 bits per heavy atom. The fourth-order valence-electron chi connectivity index (χ4n) is 1.95. The van der Waals surface area contributed by atoms with Crippen LogP contribution >= 0.6 is 0 Å². The summed E-state index contributed by atoms with van der Waals surface area (Å²) in [4.78, 5) is 12.1. The Balaban J connectivity index is 2.10. The van der Waals surface area contributed by atoms with Gasteiger partial charge in [0, 0.05) is 29.7 Å². The molecule has 0 aliphatic rings. The molecule has 0 spiro atoms. The summed E-state index contributed by atoms with van der Waals surface area (Å²) in [6, 6.07) is 11.1. The lowest BCUT2D eigenvalue weighted by atomic mass is 10.0. The Hall–Kier alpha value is -2.62. The second-order valence-electron chi connectivity index (χ2n) is 4.50. The molecule has 0 amide bonds. The van der Waals surface area contributed by atoms with Crippen molar-refractivity contribution in [2.24, 2.45) is 0 Å². The topological polar surface area (TPSA) is 38.7 Å². The van der Waals surface area contributed by atoms with Gasteiger partial charge in [0.2, 0.25) is 5.95 Å². The smallest absolute Gasteiger partial charge is 0.220 e. The van der Waals surface area contributed by atoms with E-state index >= 15 is 0 Å². The zero-order chi connectivity index (χ0) is 13.9. The van der Waals surface area contributed by atoms with Crippen LogP contribution in [0.4, 0.5) is 4.39 Å². The Labute approximate surface area is 116 Å². The molecule has 4 heteroatoms. The van der Waals surface area contributed by atoms with E-state index in [1.54, 1.807) is 24.5 Å². The van der Waals surface area contributed by atoms with E-state index in [9.17, 15) is 4.39 Å². The lowest BCUT2D eigenvalue weighted by Gasteiger charge is -2.06. The largest absolute Gasteiger partial charge is 0.237 e. The molecule has 0 aliphatic carbocycles. The van der Waals surface area contributed by atoms with Gasteiger partial charge in [-0.25, -0.2) is 15.0 Å². The molecule has 3 rings (SSSR count). The van der Waals surface area contributed by atoms with Crippen molar-refractivity contribution in [3.63, 3.8) is 0 Å². The van der Waals surface area contributed by atoms with Crippen molar-refractivity contribution >= 4 is 0 Å². The van der Waals surface area contributed by atoms with Crippen molar-refractivity contribution in [2.45, 2.75) is 6.92 Å². The quantitative estimate of drug-likeness (QED) is 0.664. The van der Waals surface area contributed by atoms with Crippen molar-refractivity contribution < 1.29 is 4.39 Å². The minimum atomic E-state index is -0.492. The molecule has 0 aliphatic heterocycles. The third-order valence-corrected chi connectivity index (χ3v) is 3.03. The maximum Gasteiger partial charge on any atom is 0.220 e. The summed E-state index contributed by atoms with van der Waals surface area (Å²) in [5, 5.41) is 0. The van der Waals surface area contributed by atoms with Crippen molar-refractivity contribution in [2.75, 3.05) is 0 Å². The number of nitrogens with zero attached hydrogens (tertiary/aromatic N) is 3. The monoisotopic (exact) mass is 265 g/mol. The molecule has 0 saturated carbocycles. The van der Waals surface area contributed by atoms with Crippen LogP contribution in [0, 0.1) is 12.9 Å². The number of rotatable bonds is 2. The zero-order valence-corrected chi connectivity index (χ0v) is 10.9. The maximum atomic E-state index is 13.9. The van der Waals surface area contributed by atoms with Gasteiger partial charge in [-0.2, -0.15) is 4.39 Å². The molecule has 0 bridgehead atoms. The van der Waals surface area contributed by atoms with Gasteiger partial charge in [-0.3, -0.25) is 0 Å². The van der Waals surface area contributed by atoms with E-state index in [1.165, 1.54) is 6.20 Å². The lowest BCUT2D eigenvalue weighted by molar-refractivity contribution is 0.588. The third kappa shape index (κ3) is 2.40. The summed E-state index contributed by atoms with van der Waals surface area (Å²) in [6.45, 7) is 1.99. The van der Waals surface area contributed by atoms with Gasteiger partial charge in [0.15, 0.2) is 5.82 Å². The van der Waals surface area contributed by atoms with Crippen molar-refractivity contribution in [3.8, 4) is 22.5 Å². The Kier molecular flexibility index (Phi) is 3.21. The summed E-state index contributed by atoms with van der Waals surface area (Å²) < 4.78 is 13.9. The Morgan fingerprint density at radius 1 is 0.900 bits per heavy atom. The number of halogens is 1. The summed E-state index contributed by atoms with van der Waals surface area (Å²) >= 11 is 0. The summed E-state index contributed by atoms with van der Waals surface area (Å²) in [6.07, 6.45) is 4.75. The van der Waals surface area contributed by atoms with E-state index in [1.807, 2.05) is 31.2 Å². The first kappa shape index (κ1) is 12.4. The zero-order valence-electron chi connectivity index (χ0n) is 10.9. The molecule has 0 atom stereocenters. The van der Waals surface area contributed by atoms with Crippen LogP contribution in [-0.4, -0.2) is 15.0 Å². The van der Waals surface area contributed by atoms with Gasteiger partial charge in [0.25, 0.3) is 0 Å². The Morgan fingerprint density at radius 2 is 1.60 bits per heavy atom. The van der Waals surface area contributed by atoms with Gasteiger partial charge in [0.05, 0.1) is 0 Å². The highest BCUT2D eigenvalue weighted by molar-refractivity contribution is 5.69. The van der Waals surface area contributed by atoms with Crippen molar-refractivity contribution in [1.82, 2.24) is 15.0 Å². The van der Waals surface area contributed by atoms with Crippen LogP contribution in [0.25, 0.3) is 22.5 Å². The number of pyridine rings is 1. The number of hydrogen-bond acceptors (Lipinski definition) is 3. The predicted octanol–water partition coefficient (Wildman–Crippen LogP) is 3.65. The molecule has 98 valence electrons. The molecular weight excluding hydrogens is 253 g/mol. The highest BCUT2D eigenvalue weighted by Gasteiger charge is 2.10. The third-order valence-electron chi connectivity index (χ3n) is 3.03. The average molecular weight is 265 g/mol. The number of aryl methyl sites for hydroxylation is 1. The molecule has 3 nitrogen and oxygen atoms in total. The first-order valence-corrected chi connectivity index (χ1v) is 6.24. The molecular formula is C16H12FN3. The molecule has 3 aromatic rings. The molecule has 0 N–H and O–H groups in total. The minimum Gasteiger partial charge on any atom is -0.237 e. The van der Waals surface area contributed by atoms with Gasteiger partial charge >= 0.3 is 0 Å². The standard InChI is InChI=1S/C16H12FN3/c1-11-3-5-12(6-4-11)14-9-13(10-20-15(14)17)16-18-7-2-8-19-16/h2-10H,1H3. The van der Waals surface area contributed by atoms with Crippen LogP contribution in [0.1, 0.15) is 5.56 Å². The van der Waals surface area contributed by atoms with E-state index in [2.05, 4.69) is 15.0 Å². The molecule has 0 unspecified atom stereocenters. The van der Waals surface area contributed by atoms with E-state index < -0.39 is 5.95 Å². The summed E-state index contributed by atoms with van der Waals surface area (Å²) in [7, 11) is 0. The average Bonchev–Trinajstić information content (AvgIpc) is 2.50. The van der Waals surface area contributed by atoms with Crippen molar-refractivity contribution in [3.05, 3.63) is 66.5 Å². The van der Waals surface area contributed by atoms with Crippen LogP contribution < -0.4 is 0 Å². The van der Waals surface area contributed by atoms with Gasteiger partial charge in [-0.05, 0) is 24.6 Å². The van der Waals surface area contributed by atoms with Crippen LogP contribution in [0.15, 0.2) is 55.0 Å². The lowest BCUT2D eigenvalue weighted by Crippen LogP contribution is -1.93. The first-order valence-electron chi connectivity index (χ1n) is 6.24. The van der Waals surface area contributed by atoms with E-state index in [0.717, 1.165) is 11.1 Å². The number of aromatic nitrogens is 3. The van der Waals surface area contributed by atoms with Gasteiger partial charge in [-0.1, -0.05) is 29.8 Å².